The van der Waals surface area contributed by atoms with Crippen molar-refractivity contribution in [2.45, 2.75) is 38.3 Å². The number of aromatic nitrogens is 1. The van der Waals surface area contributed by atoms with Gasteiger partial charge in [-0.3, -0.25) is 9.59 Å². The van der Waals surface area contributed by atoms with Gasteiger partial charge in [0, 0.05) is 23.1 Å². The summed E-state index contributed by atoms with van der Waals surface area (Å²) in [6.07, 6.45) is 4.22. The zero-order chi connectivity index (χ0) is 19.1. The number of hydrogen-bond acceptors (Lipinski definition) is 5. The van der Waals surface area contributed by atoms with E-state index in [9.17, 15) is 9.59 Å². The zero-order valence-corrected chi connectivity index (χ0v) is 16.1. The molecule has 6 nitrogen and oxygen atoms in total. The molecule has 2 aliphatic rings. The quantitative estimate of drug-likeness (QED) is 0.726. The van der Waals surface area contributed by atoms with Gasteiger partial charge < -0.3 is 19.4 Å². The molecule has 1 N–H and O–H groups in total. The van der Waals surface area contributed by atoms with Gasteiger partial charge in [0.25, 0.3) is 11.5 Å². The molecule has 0 radical (unpaired) electrons. The molecule has 1 aliphatic carbocycles. The van der Waals surface area contributed by atoms with Crippen LogP contribution in [0.4, 0.5) is 0 Å². The Hall–Kier alpha value is -2.80. The highest BCUT2D eigenvalue weighted by Gasteiger charge is 2.29. The minimum atomic E-state index is -0.173. The summed E-state index contributed by atoms with van der Waals surface area (Å²) in [6.45, 7) is 0.495. The lowest BCUT2D eigenvalue weighted by molar-refractivity contribution is 0.0669. The Kier molecular flexibility index (Phi) is 4.31. The molecule has 28 heavy (non-hydrogen) atoms. The number of H-pyrrole nitrogens is 1. The van der Waals surface area contributed by atoms with Crippen LogP contribution in [-0.4, -0.2) is 28.6 Å². The van der Waals surface area contributed by atoms with Gasteiger partial charge in [-0.1, -0.05) is 18.9 Å². The predicted octanol–water partition coefficient (Wildman–Crippen LogP) is 3.90. The van der Waals surface area contributed by atoms with Crippen LogP contribution in [0, 0.1) is 0 Å². The number of ether oxygens (including phenoxy) is 2. The van der Waals surface area contributed by atoms with Gasteiger partial charge in [0.1, 0.15) is 0 Å². The van der Waals surface area contributed by atoms with Crippen molar-refractivity contribution in [1.82, 2.24) is 9.88 Å². The maximum atomic E-state index is 13.1. The average Bonchev–Trinajstić information content (AvgIpc) is 3.46. The molecule has 0 atom stereocenters. The van der Waals surface area contributed by atoms with E-state index in [1.54, 1.807) is 6.07 Å². The second kappa shape index (κ2) is 6.98. The number of rotatable bonds is 4. The smallest absolute Gasteiger partial charge is 0.264 e. The van der Waals surface area contributed by atoms with Crippen molar-refractivity contribution >= 4 is 28.1 Å². The van der Waals surface area contributed by atoms with Gasteiger partial charge in [-0.05, 0) is 36.4 Å². The summed E-state index contributed by atoms with van der Waals surface area (Å²) in [5.41, 5.74) is 1.12. The van der Waals surface area contributed by atoms with Crippen LogP contribution in [0.5, 0.6) is 11.5 Å². The molecular formula is C21H20N2O4S. The fraction of sp³-hybridized carbons (Fsp3) is 0.333. The Labute approximate surface area is 165 Å². The van der Waals surface area contributed by atoms with E-state index in [1.165, 1.54) is 11.3 Å². The first-order valence-corrected chi connectivity index (χ1v) is 10.4. The fourth-order valence-electron chi connectivity index (χ4n) is 4.07. The maximum Gasteiger partial charge on any atom is 0.264 e. The standard InChI is InChI=1S/C21H20N2O4S/c24-20-14(8-13-9-17-18(27-12-26-17)10-16(13)22-20)11-23(15-4-1-2-5-15)21(25)19-6-3-7-28-19/h3,6-10,15H,1-2,4-5,11-12H2,(H,22,24). The monoisotopic (exact) mass is 396 g/mol. The summed E-state index contributed by atoms with van der Waals surface area (Å²) in [5.74, 6) is 1.32. The van der Waals surface area contributed by atoms with E-state index in [0.717, 1.165) is 31.1 Å². The van der Waals surface area contributed by atoms with Crippen molar-refractivity contribution in [3.05, 3.63) is 56.5 Å². The molecule has 3 heterocycles. The molecule has 1 aliphatic heterocycles. The lowest BCUT2D eigenvalue weighted by Gasteiger charge is -2.28. The van der Waals surface area contributed by atoms with Crippen molar-refractivity contribution in [2.75, 3.05) is 6.79 Å². The maximum absolute atomic E-state index is 13.1. The second-order valence-electron chi connectivity index (χ2n) is 7.27. The Morgan fingerprint density at radius 2 is 1.96 bits per heavy atom. The summed E-state index contributed by atoms with van der Waals surface area (Å²) in [4.78, 5) is 31.4. The van der Waals surface area contributed by atoms with Crippen LogP contribution in [0.2, 0.25) is 0 Å². The van der Waals surface area contributed by atoms with E-state index < -0.39 is 0 Å². The van der Waals surface area contributed by atoms with Crippen LogP contribution >= 0.6 is 11.3 Å². The first-order valence-electron chi connectivity index (χ1n) is 9.49. The van der Waals surface area contributed by atoms with Crippen molar-refractivity contribution in [1.29, 1.82) is 0 Å². The molecule has 0 bridgehead atoms. The number of nitrogens with zero attached hydrogens (tertiary/aromatic N) is 1. The van der Waals surface area contributed by atoms with Crippen LogP contribution in [0.15, 0.2) is 40.5 Å². The average molecular weight is 396 g/mol. The third kappa shape index (κ3) is 3.05. The van der Waals surface area contributed by atoms with E-state index in [4.69, 9.17) is 9.47 Å². The molecule has 7 heteroatoms. The third-order valence-corrected chi connectivity index (χ3v) is 6.37. The molecule has 5 rings (SSSR count). The molecule has 1 amide bonds. The normalized spacial score (nSPS) is 16.0. The van der Waals surface area contributed by atoms with Crippen molar-refractivity contribution in [2.24, 2.45) is 0 Å². The second-order valence-corrected chi connectivity index (χ2v) is 8.21. The van der Waals surface area contributed by atoms with Gasteiger partial charge in [-0.2, -0.15) is 0 Å². The van der Waals surface area contributed by atoms with Gasteiger partial charge in [0.05, 0.1) is 16.9 Å². The van der Waals surface area contributed by atoms with E-state index in [-0.39, 0.29) is 24.3 Å². The van der Waals surface area contributed by atoms with Crippen LogP contribution < -0.4 is 15.0 Å². The summed E-state index contributed by atoms with van der Waals surface area (Å²) in [7, 11) is 0. The molecule has 1 saturated carbocycles. The largest absolute Gasteiger partial charge is 0.454 e. The molecule has 2 aromatic heterocycles. The van der Waals surface area contributed by atoms with Crippen molar-refractivity contribution in [3.63, 3.8) is 0 Å². The highest BCUT2D eigenvalue weighted by molar-refractivity contribution is 7.12. The minimum Gasteiger partial charge on any atom is -0.454 e. The number of nitrogens with one attached hydrogen (secondary N) is 1. The molecule has 144 valence electrons. The Morgan fingerprint density at radius 3 is 2.71 bits per heavy atom. The van der Waals surface area contributed by atoms with E-state index in [1.807, 2.05) is 34.5 Å². The number of amides is 1. The van der Waals surface area contributed by atoms with Crippen LogP contribution in [-0.2, 0) is 6.54 Å². The first-order chi connectivity index (χ1) is 13.7. The zero-order valence-electron chi connectivity index (χ0n) is 15.3. The Morgan fingerprint density at radius 1 is 1.18 bits per heavy atom. The van der Waals surface area contributed by atoms with Gasteiger partial charge in [0.2, 0.25) is 6.79 Å². The van der Waals surface area contributed by atoms with E-state index >= 15 is 0 Å². The molecule has 0 unspecified atom stereocenters. The van der Waals surface area contributed by atoms with Crippen molar-refractivity contribution in [3.8, 4) is 11.5 Å². The SMILES string of the molecule is O=C(c1cccs1)N(Cc1cc2cc3c(cc2[nH]c1=O)OCO3)C1CCCC1. The molecule has 0 spiro atoms. The van der Waals surface area contributed by atoms with Crippen LogP contribution in [0.25, 0.3) is 10.9 Å². The molecule has 1 aromatic carbocycles. The number of carbonyl (C=O) groups is 1. The fourth-order valence-corrected chi connectivity index (χ4v) is 4.75. The molecule has 3 aromatic rings. The van der Waals surface area contributed by atoms with Crippen LogP contribution in [0.3, 0.4) is 0 Å². The number of thiophene rings is 1. The van der Waals surface area contributed by atoms with E-state index in [0.29, 0.717) is 34.0 Å². The van der Waals surface area contributed by atoms with Gasteiger partial charge in [-0.25, -0.2) is 0 Å². The molecule has 1 fully saturated rings. The lowest BCUT2D eigenvalue weighted by atomic mass is 10.1. The third-order valence-electron chi connectivity index (χ3n) is 5.51. The predicted molar refractivity (Wildman–Crippen MR) is 107 cm³/mol. The lowest BCUT2D eigenvalue weighted by Crippen LogP contribution is -2.39. The topological polar surface area (TPSA) is 71.6 Å². The summed E-state index contributed by atoms with van der Waals surface area (Å²) in [5, 5.41) is 2.78. The van der Waals surface area contributed by atoms with Gasteiger partial charge in [-0.15, -0.1) is 11.3 Å². The Balaban J connectivity index is 1.52. The summed E-state index contributed by atoms with van der Waals surface area (Å²) >= 11 is 1.44. The highest BCUT2D eigenvalue weighted by Crippen LogP contribution is 2.35. The van der Waals surface area contributed by atoms with Crippen LogP contribution in [0.1, 0.15) is 40.9 Å². The first kappa shape index (κ1) is 17.3. The number of benzene rings is 1. The summed E-state index contributed by atoms with van der Waals surface area (Å²) in [6, 6.07) is 9.43. The van der Waals surface area contributed by atoms with Crippen molar-refractivity contribution < 1.29 is 14.3 Å². The number of aromatic amines is 1. The minimum absolute atomic E-state index is 0.00656. The van der Waals surface area contributed by atoms with Gasteiger partial charge in [0.15, 0.2) is 11.5 Å². The number of hydrogen-bond donors (Lipinski definition) is 1. The number of fused-ring (bicyclic) bond motifs is 2. The highest BCUT2D eigenvalue weighted by atomic mass is 32.1. The van der Waals surface area contributed by atoms with E-state index in [2.05, 4.69) is 4.98 Å². The Bertz CT molecular complexity index is 1080. The molecular weight excluding hydrogens is 376 g/mol. The summed E-state index contributed by atoms with van der Waals surface area (Å²) < 4.78 is 10.8. The van der Waals surface area contributed by atoms with Gasteiger partial charge >= 0.3 is 0 Å². The molecule has 0 saturated heterocycles. The number of carbonyl (C=O) groups excluding carboxylic acids is 1. The number of pyridine rings is 1.